The number of pyridine rings is 1. The third-order valence-corrected chi connectivity index (χ3v) is 6.89. The fourth-order valence-electron chi connectivity index (χ4n) is 4.84. The maximum absolute atomic E-state index is 13.1. The lowest BCUT2D eigenvalue weighted by Gasteiger charge is -2.19. The minimum absolute atomic E-state index is 0.0303. The molecule has 0 spiro atoms. The van der Waals surface area contributed by atoms with Crippen LogP contribution < -0.4 is 16.1 Å². The average Bonchev–Trinajstić information content (AvgIpc) is 3.45. The molecule has 2 bridgehead atoms. The highest BCUT2D eigenvalue weighted by molar-refractivity contribution is 6.30. The van der Waals surface area contributed by atoms with Gasteiger partial charge >= 0.3 is 0 Å². The summed E-state index contributed by atoms with van der Waals surface area (Å²) in [5.41, 5.74) is 0.322. The Morgan fingerprint density at radius 3 is 2.53 bits per heavy atom. The van der Waals surface area contributed by atoms with Crippen molar-refractivity contribution < 1.29 is 14.3 Å². The molecule has 0 unspecified atom stereocenters. The molecule has 1 saturated carbocycles. The SMILES string of the molecule is COCCn1cc(C(=O)NCCc2cccc(Cl)c2)c(=O)c(C(=O)NC[C@H]2C[C@@H]3C=C[C@H]2C3)c1. The second-order valence-corrected chi connectivity index (χ2v) is 9.47. The van der Waals surface area contributed by atoms with Crippen LogP contribution in [0.5, 0.6) is 0 Å². The van der Waals surface area contributed by atoms with Gasteiger partial charge in [0, 0.05) is 44.2 Å². The van der Waals surface area contributed by atoms with E-state index in [1.165, 1.54) is 12.4 Å². The van der Waals surface area contributed by atoms with Crippen molar-refractivity contribution in [2.45, 2.75) is 25.8 Å². The predicted molar refractivity (Wildman–Crippen MR) is 131 cm³/mol. The van der Waals surface area contributed by atoms with E-state index in [2.05, 4.69) is 22.8 Å². The third kappa shape index (κ3) is 5.77. The Morgan fingerprint density at radius 2 is 1.88 bits per heavy atom. The minimum Gasteiger partial charge on any atom is -0.383 e. The van der Waals surface area contributed by atoms with Crippen LogP contribution in [-0.2, 0) is 17.7 Å². The first-order valence-electron chi connectivity index (χ1n) is 11.7. The van der Waals surface area contributed by atoms with Gasteiger partial charge in [-0.05, 0) is 54.7 Å². The van der Waals surface area contributed by atoms with E-state index < -0.39 is 17.2 Å². The first-order chi connectivity index (χ1) is 16.4. The van der Waals surface area contributed by atoms with Crippen LogP contribution in [0.3, 0.4) is 0 Å². The molecule has 34 heavy (non-hydrogen) atoms. The third-order valence-electron chi connectivity index (χ3n) is 6.65. The van der Waals surface area contributed by atoms with Crippen molar-refractivity contribution in [2.75, 3.05) is 26.8 Å². The second kappa shape index (κ2) is 11.0. The second-order valence-electron chi connectivity index (χ2n) is 9.03. The minimum atomic E-state index is -0.570. The molecule has 2 aromatic rings. The number of hydrogen-bond acceptors (Lipinski definition) is 4. The molecule has 0 aliphatic heterocycles. The lowest BCUT2D eigenvalue weighted by Crippen LogP contribution is -2.38. The number of carbonyl (C=O) groups is 2. The maximum Gasteiger partial charge on any atom is 0.256 e. The quantitative estimate of drug-likeness (QED) is 0.508. The van der Waals surface area contributed by atoms with Gasteiger partial charge in [-0.2, -0.15) is 0 Å². The molecule has 0 saturated heterocycles. The number of halogens is 1. The summed E-state index contributed by atoms with van der Waals surface area (Å²) in [6.07, 6.45) is 10.3. The Labute approximate surface area is 204 Å². The van der Waals surface area contributed by atoms with E-state index in [0.717, 1.165) is 18.4 Å². The van der Waals surface area contributed by atoms with E-state index in [-0.39, 0.29) is 11.1 Å². The van der Waals surface area contributed by atoms with Gasteiger partial charge in [-0.15, -0.1) is 0 Å². The van der Waals surface area contributed by atoms with Crippen LogP contribution in [0.15, 0.2) is 53.6 Å². The molecule has 2 N–H and O–H groups in total. The first-order valence-corrected chi connectivity index (χ1v) is 12.0. The number of aromatic nitrogens is 1. The van der Waals surface area contributed by atoms with Crippen LogP contribution in [0.2, 0.25) is 5.02 Å². The molecule has 1 fully saturated rings. The van der Waals surface area contributed by atoms with Crippen molar-refractivity contribution in [1.29, 1.82) is 0 Å². The van der Waals surface area contributed by atoms with Gasteiger partial charge in [0.25, 0.3) is 11.8 Å². The molecule has 0 radical (unpaired) electrons. The number of ether oxygens (including phenoxy) is 1. The van der Waals surface area contributed by atoms with Crippen LogP contribution >= 0.6 is 11.6 Å². The zero-order valence-electron chi connectivity index (χ0n) is 19.3. The highest BCUT2D eigenvalue weighted by Gasteiger charge is 2.35. The van der Waals surface area contributed by atoms with Crippen molar-refractivity contribution in [1.82, 2.24) is 15.2 Å². The van der Waals surface area contributed by atoms with Gasteiger partial charge in [0.05, 0.1) is 6.61 Å². The summed E-state index contributed by atoms with van der Waals surface area (Å²) in [6.45, 7) is 1.66. The Kier molecular flexibility index (Phi) is 7.85. The zero-order chi connectivity index (χ0) is 24.1. The fourth-order valence-corrected chi connectivity index (χ4v) is 5.05. The highest BCUT2D eigenvalue weighted by atomic mass is 35.5. The molecule has 8 heteroatoms. The Balaban J connectivity index is 1.45. The van der Waals surface area contributed by atoms with Gasteiger partial charge in [-0.3, -0.25) is 14.4 Å². The van der Waals surface area contributed by atoms with E-state index in [0.29, 0.717) is 55.4 Å². The average molecular weight is 484 g/mol. The molecule has 3 atom stereocenters. The number of amides is 2. The lowest BCUT2D eigenvalue weighted by molar-refractivity contribution is 0.0942. The van der Waals surface area contributed by atoms with Crippen molar-refractivity contribution in [2.24, 2.45) is 17.8 Å². The molecule has 2 aliphatic rings. The lowest BCUT2D eigenvalue weighted by atomic mass is 9.93. The number of benzene rings is 1. The Bertz CT molecular complexity index is 1140. The van der Waals surface area contributed by atoms with E-state index in [4.69, 9.17) is 16.3 Å². The number of nitrogens with zero attached hydrogens (tertiary/aromatic N) is 1. The van der Waals surface area contributed by atoms with E-state index >= 15 is 0 Å². The van der Waals surface area contributed by atoms with Gasteiger partial charge in [0.2, 0.25) is 5.43 Å². The molecule has 2 amide bonds. The zero-order valence-corrected chi connectivity index (χ0v) is 20.0. The first kappa shape index (κ1) is 24.2. The summed E-state index contributed by atoms with van der Waals surface area (Å²) in [5.74, 6) is 0.549. The van der Waals surface area contributed by atoms with Crippen molar-refractivity contribution in [3.63, 3.8) is 0 Å². The smallest absolute Gasteiger partial charge is 0.256 e. The summed E-state index contributed by atoms with van der Waals surface area (Å²) in [7, 11) is 1.57. The summed E-state index contributed by atoms with van der Waals surface area (Å²) in [5, 5.41) is 6.34. The largest absolute Gasteiger partial charge is 0.383 e. The van der Waals surface area contributed by atoms with Crippen LogP contribution in [0.1, 0.15) is 39.1 Å². The predicted octanol–water partition coefficient (Wildman–Crippen LogP) is 3.06. The normalized spacial score (nSPS) is 20.5. The number of allylic oxidation sites excluding steroid dienone is 2. The summed E-state index contributed by atoms with van der Waals surface area (Å²) < 4.78 is 6.78. The number of hydrogen-bond donors (Lipinski definition) is 2. The summed E-state index contributed by atoms with van der Waals surface area (Å²) in [4.78, 5) is 38.9. The van der Waals surface area contributed by atoms with Gasteiger partial charge in [-0.25, -0.2) is 0 Å². The number of nitrogens with one attached hydrogen (secondary N) is 2. The molecule has 180 valence electrons. The van der Waals surface area contributed by atoms with Crippen LogP contribution in [0.4, 0.5) is 0 Å². The molecular weight excluding hydrogens is 454 g/mol. The maximum atomic E-state index is 13.1. The van der Waals surface area contributed by atoms with Crippen molar-refractivity contribution in [3.8, 4) is 0 Å². The standard InChI is InChI=1S/C26H30ClN3O4/c1-34-10-9-30-15-22(25(32)28-8-7-17-3-2-4-21(27)13-17)24(31)23(16-30)26(33)29-14-20-12-18-5-6-19(20)11-18/h2-6,13,15-16,18-20H,7-12,14H2,1H3,(H,28,32)(H,29,33)/t18-,19+,20-/m1/s1. The number of rotatable bonds is 10. The summed E-state index contributed by atoms with van der Waals surface area (Å²) in [6, 6.07) is 7.40. The molecular formula is C26H30ClN3O4. The van der Waals surface area contributed by atoms with Gasteiger partial charge in [0.15, 0.2) is 0 Å². The Hall–Kier alpha value is -2.90. The molecule has 7 nitrogen and oxygen atoms in total. The highest BCUT2D eigenvalue weighted by Crippen LogP contribution is 2.42. The van der Waals surface area contributed by atoms with E-state index in [9.17, 15) is 14.4 Å². The molecule has 1 aromatic heterocycles. The van der Waals surface area contributed by atoms with Crippen LogP contribution in [-0.4, -0.2) is 43.2 Å². The molecule has 1 heterocycles. The number of methoxy groups -OCH3 is 1. The topological polar surface area (TPSA) is 89.4 Å². The van der Waals surface area contributed by atoms with Crippen molar-refractivity contribution in [3.05, 3.63) is 80.7 Å². The number of fused-ring (bicyclic) bond motifs is 2. The van der Waals surface area contributed by atoms with Crippen molar-refractivity contribution >= 4 is 23.4 Å². The van der Waals surface area contributed by atoms with Crippen LogP contribution in [0.25, 0.3) is 0 Å². The van der Waals surface area contributed by atoms with E-state index in [1.54, 1.807) is 17.7 Å². The van der Waals surface area contributed by atoms with Gasteiger partial charge in [0.1, 0.15) is 11.1 Å². The molecule has 2 aliphatic carbocycles. The van der Waals surface area contributed by atoms with Gasteiger partial charge < -0.3 is 19.9 Å². The fraction of sp³-hybridized carbons (Fsp3) is 0.423. The number of carbonyl (C=O) groups excluding carboxylic acids is 2. The van der Waals surface area contributed by atoms with E-state index in [1.807, 2.05) is 18.2 Å². The Morgan fingerprint density at radius 1 is 1.12 bits per heavy atom. The van der Waals surface area contributed by atoms with Crippen LogP contribution in [0, 0.1) is 17.8 Å². The molecule has 1 aromatic carbocycles. The monoisotopic (exact) mass is 483 g/mol. The van der Waals surface area contributed by atoms with Gasteiger partial charge in [-0.1, -0.05) is 35.9 Å². The molecule has 4 rings (SSSR count). The summed E-state index contributed by atoms with van der Waals surface area (Å²) >= 11 is 6.01.